The van der Waals surface area contributed by atoms with Crippen LogP contribution in [0.25, 0.3) is 0 Å². The number of nitrogens with zero attached hydrogens (tertiary/aromatic N) is 2. The van der Waals surface area contributed by atoms with Gasteiger partial charge in [-0.05, 0) is 55.8 Å². The fraction of sp³-hybridized carbons (Fsp3) is 0.333. The number of ether oxygens (including phenoxy) is 1. The normalized spacial score (nSPS) is 15.6. The van der Waals surface area contributed by atoms with Crippen molar-refractivity contribution in [3.8, 4) is 11.5 Å². The Morgan fingerprint density at radius 3 is 2.68 bits per heavy atom. The summed E-state index contributed by atoms with van der Waals surface area (Å²) in [7, 11) is 1.49. The molecular weight excluding hydrogens is 422 g/mol. The molecule has 1 aliphatic heterocycles. The predicted molar refractivity (Wildman–Crippen MR) is 113 cm³/mol. The first-order valence-corrected chi connectivity index (χ1v) is 10.0. The molecule has 0 radical (unpaired) electrons. The van der Waals surface area contributed by atoms with Gasteiger partial charge in [-0.2, -0.15) is 5.10 Å². The average Bonchev–Trinajstić information content (AvgIpc) is 2.71. The first-order chi connectivity index (χ1) is 13.6. The zero-order valence-corrected chi connectivity index (χ0v) is 17.4. The lowest BCUT2D eigenvalue weighted by Crippen LogP contribution is -2.39. The molecule has 0 aromatic heterocycles. The minimum atomic E-state index is -0.0815. The lowest BCUT2D eigenvalue weighted by atomic mass is 9.96. The number of nitrogens with one attached hydrogen (secondary N) is 1. The second-order valence-electron chi connectivity index (χ2n) is 6.81. The van der Waals surface area contributed by atoms with Crippen LogP contribution in [0, 0.1) is 5.92 Å². The summed E-state index contributed by atoms with van der Waals surface area (Å²) in [5.74, 6) is 0.247. The first kappa shape index (κ1) is 20.4. The van der Waals surface area contributed by atoms with E-state index in [0.29, 0.717) is 11.3 Å². The number of para-hydroxylation sites is 1. The van der Waals surface area contributed by atoms with Crippen molar-refractivity contribution in [3.63, 3.8) is 0 Å². The van der Waals surface area contributed by atoms with E-state index in [0.717, 1.165) is 36.9 Å². The standard InChI is InChI=1S/C21H24BrN3O3/c1-28-19-4-2-3-17(20(19)26)13-23-24-21(27)16-9-11-25(12-10-16)14-15-5-7-18(22)8-6-15/h2-8,13,16,26H,9-12,14H2,1H3,(H,24,27)/b23-13-. The molecule has 2 N–H and O–H groups in total. The van der Waals surface area contributed by atoms with Crippen LogP contribution < -0.4 is 10.2 Å². The number of likely N-dealkylation sites (tertiary alicyclic amines) is 1. The van der Waals surface area contributed by atoms with Gasteiger partial charge < -0.3 is 9.84 Å². The third kappa shape index (κ3) is 5.33. The number of methoxy groups -OCH3 is 1. The van der Waals surface area contributed by atoms with Crippen LogP contribution in [0.1, 0.15) is 24.0 Å². The van der Waals surface area contributed by atoms with Crippen LogP contribution in [0.4, 0.5) is 0 Å². The van der Waals surface area contributed by atoms with E-state index in [4.69, 9.17) is 4.74 Å². The van der Waals surface area contributed by atoms with Crippen LogP contribution in [0.5, 0.6) is 11.5 Å². The summed E-state index contributed by atoms with van der Waals surface area (Å²) >= 11 is 3.45. The Morgan fingerprint density at radius 1 is 1.29 bits per heavy atom. The van der Waals surface area contributed by atoms with E-state index in [1.807, 2.05) is 12.1 Å². The highest BCUT2D eigenvalue weighted by atomic mass is 79.9. The van der Waals surface area contributed by atoms with Gasteiger partial charge in [0.2, 0.25) is 5.91 Å². The molecule has 7 heteroatoms. The number of hydrogen-bond acceptors (Lipinski definition) is 5. The quantitative estimate of drug-likeness (QED) is 0.526. The van der Waals surface area contributed by atoms with Crippen molar-refractivity contribution >= 4 is 28.1 Å². The molecule has 1 amide bonds. The van der Waals surface area contributed by atoms with Crippen molar-refractivity contribution in [1.82, 2.24) is 10.3 Å². The van der Waals surface area contributed by atoms with Gasteiger partial charge in [-0.25, -0.2) is 5.43 Å². The summed E-state index contributed by atoms with van der Waals surface area (Å²) in [5, 5.41) is 14.0. The van der Waals surface area contributed by atoms with E-state index >= 15 is 0 Å². The summed E-state index contributed by atoms with van der Waals surface area (Å²) in [4.78, 5) is 14.7. The van der Waals surface area contributed by atoms with Gasteiger partial charge in [0.1, 0.15) is 0 Å². The highest BCUT2D eigenvalue weighted by Gasteiger charge is 2.24. The number of phenols is 1. The molecule has 0 atom stereocenters. The molecular formula is C21H24BrN3O3. The van der Waals surface area contributed by atoms with E-state index in [1.54, 1.807) is 18.2 Å². The number of piperidine rings is 1. The highest BCUT2D eigenvalue weighted by molar-refractivity contribution is 9.10. The molecule has 3 rings (SSSR count). The van der Waals surface area contributed by atoms with Crippen molar-refractivity contribution in [2.45, 2.75) is 19.4 Å². The van der Waals surface area contributed by atoms with Crippen molar-refractivity contribution in [2.24, 2.45) is 11.0 Å². The molecule has 148 valence electrons. The molecule has 28 heavy (non-hydrogen) atoms. The Hall–Kier alpha value is -2.38. The Labute approximate surface area is 173 Å². The van der Waals surface area contributed by atoms with Crippen LogP contribution in [0.15, 0.2) is 52.0 Å². The molecule has 0 spiro atoms. The van der Waals surface area contributed by atoms with Gasteiger partial charge in [-0.3, -0.25) is 9.69 Å². The number of carbonyl (C=O) groups is 1. The SMILES string of the molecule is COc1cccc(/C=N\NC(=O)C2CCN(Cc3ccc(Br)cc3)CC2)c1O. The van der Waals surface area contributed by atoms with Crippen LogP contribution in [-0.2, 0) is 11.3 Å². The summed E-state index contributed by atoms with van der Waals surface area (Å²) in [6.07, 6.45) is 3.04. The zero-order chi connectivity index (χ0) is 19.9. The van der Waals surface area contributed by atoms with Crippen molar-refractivity contribution in [1.29, 1.82) is 0 Å². The van der Waals surface area contributed by atoms with Gasteiger partial charge in [0.05, 0.1) is 13.3 Å². The molecule has 0 aliphatic carbocycles. The lowest BCUT2D eigenvalue weighted by Gasteiger charge is -2.30. The number of hydrazone groups is 1. The van der Waals surface area contributed by atoms with Crippen molar-refractivity contribution < 1.29 is 14.6 Å². The smallest absolute Gasteiger partial charge is 0.243 e. The van der Waals surface area contributed by atoms with E-state index in [9.17, 15) is 9.90 Å². The molecule has 0 unspecified atom stereocenters. The van der Waals surface area contributed by atoms with E-state index < -0.39 is 0 Å². The van der Waals surface area contributed by atoms with Gasteiger partial charge in [0, 0.05) is 22.5 Å². The molecule has 1 aliphatic rings. The largest absolute Gasteiger partial charge is 0.504 e. The monoisotopic (exact) mass is 445 g/mol. The van der Waals surface area contributed by atoms with Crippen LogP contribution in [-0.4, -0.2) is 42.3 Å². The molecule has 2 aromatic rings. The fourth-order valence-corrected chi connectivity index (χ4v) is 3.53. The zero-order valence-electron chi connectivity index (χ0n) is 15.8. The van der Waals surface area contributed by atoms with Crippen LogP contribution in [0.2, 0.25) is 0 Å². The maximum absolute atomic E-state index is 12.4. The van der Waals surface area contributed by atoms with Gasteiger partial charge in [-0.15, -0.1) is 0 Å². The van der Waals surface area contributed by atoms with Crippen LogP contribution in [0.3, 0.4) is 0 Å². The summed E-state index contributed by atoms with van der Waals surface area (Å²) < 4.78 is 6.14. The molecule has 0 saturated carbocycles. The summed E-state index contributed by atoms with van der Waals surface area (Å²) in [5.41, 5.74) is 4.35. The molecule has 1 heterocycles. The predicted octanol–water partition coefficient (Wildman–Crippen LogP) is 3.53. The molecule has 6 nitrogen and oxygen atoms in total. The van der Waals surface area contributed by atoms with E-state index in [2.05, 4.69) is 43.5 Å². The third-order valence-corrected chi connectivity index (χ3v) is 5.43. The second-order valence-corrected chi connectivity index (χ2v) is 7.72. The Morgan fingerprint density at radius 2 is 2.00 bits per heavy atom. The minimum absolute atomic E-state index is 0.00393. The first-order valence-electron chi connectivity index (χ1n) is 9.22. The van der Waals surface area contributed by atoms with Gasteiger partial charge in [-0.1, -0.05) is 34.1 Å². The van der Waals surface area contributed by atoms with Crippen molar-refractivity contribution in [2.75, 3.05) is 20.2 Å². The molecule has 1 fully saturated rings. The minimum Gasteiger partial charge on any atom is -0.504 e. The maximum atomic E-state index is 12.4. The summed E-state index contributed by atoms with van der Waals surface area (Å²) in [6.45, 7) is 2.66. The average molecular weight is 446 g/mol. The highest BCUT2D eigenvalue weighted by Crippen LogP contribution is 2.28. The van der Waals surface area contributed by atoms with Gasteiger partial charge in [0.15, 0.2) is 11.5 Å². The number of phenolic OH excluding ortho intramolecular Hbond substituents is 1. The molecule has 2 aromatic carbocycles. The lowest BCUT2D eigenvalue weighted by molar-refractivity contribution is -0.126. The Balaban J connectivity index is 1.47. The number of hydrogen-bond donors (Lipinski definition) is 2. The Bertz CT molecular complexity index is 831. The maximum Gasteiger partial charge on any atom is 0.243 e. The van der Waals surface area contributed by atoms with Crippen molar-refractivity contribution in [3.05, 3.63) is 58.1 Å². The van der Waals surface area contributed by atoms with Gasteiger partial charge in [0.25, 0.3) is 0 Å². The Kier molecular flexibility index (Phi) is 7.06. The number of halogens is 1. The molecule has 0 bridgehead atoms. The summed E-state index contributed by atoms with van der Waals surface area (Å²) in [6, 6.07) is 13.4. The number of amides is 1. The topological polar surface area (TPSA) is 74.2 Å². The number of benzene rings is 2. The number of aromatic hydroxyl groups is 1. The van der Waals surface area contributed by atoms with Crippen LogP contribution >= 0.6 is 15.9 Å². The third-order valence-electron chi connectivity index (χ3n) is 4.91. The number of rotatable bonds is 6. The van der Waals surface area contributed by atoms with Gasteiger partial charge >= 0.3 is 0 Å². The molecule has 1 saturated heterocycles. The second kappa shape index (κ2) is 9.71. The van der Waals surface area contributed by atoms with E-state index in [-0.39, 0.29) is 17.6 Å². The van der Waals surface area contributed by atoms with E-state index in [1.165, 1.54) is 18.9 Å². The fourth-order valence-electron chi connectivity index (χ4n) is 3.27. The number of carbonyl (C=O) groups excluding carboxylic acids is 1.